The lowest BCUT2D eigenvalue weighted by molar-refractivity contribution is 1.26. The van der Waals surface area contributed by atoms with Crippen molar-refractivity contribution in [1.29, 1.82) is 0 Å². The van der Waals surface area contributed by atoms with Gasteiger partial charge in [0.25, 0.3) is 0 Å². The van der Waals surface area contributed by atoms with E-state index in [1.54, 1.807) is 0 Å². The predicted molar refractivity (Wildman–Crippen MR) is 53.2 cm³/mol. The molecule has 0 saturated carbocycles. The molecular weight excluding hydrogens is 156 g/mol. The first-order valence-corrected chi connectivity index (χ1v) is 4.44. The Kier molecular flexibility index (Phi) is 1.42. The van der Waals surface area contributed by atoms with Gasteiger partial charge in [-0.1, -0.05) is 36.4 Å². The molecule has 0 saturated heterocycles. The van der Waals surface area contributed by atoms with Gasteiger partial charge in [0.2, 0.25) is 0 Å². The minimum atomic E-state index is 0.917. The van der Waals surface area contributed by atoms with Gasteiger partial charge in [0.1, 0.15) is 0 Å². The van der Waals surface area contributed by atoms with Crippen LogP contribution in [-0.2, 0) is 6.42 Å². The van der Waals surface area contributed by atoms with Crippen LogP contribution in [0.2, 0.25) is 0 Å². The SMILES string of the molecule is [C]1[C]c2cc3ccccc3cc2C1. The van der Waals surface area contributed by atoms with Gasteiger partial charge in [0.05, 0.1) is 0 Å². The summed E-state index contributed by atoms with van der Waals surface area (Å²) in [5.41, 5.74) is 2.55. The summed E-state index contributed by atoms with van der Waals surface area (Å²) in [6, 6.07) is 12.8. The zero-order valence-corrected chi connectivity index (χ0v) is 7.17. The first-order chi connectivity index (χ1) is 6.43. The van der Waals surface area contributed by atoms with Crippen molar-refractivity contribution in [1.82, 2.24) is 0 Å². The summed E-state index contributed by atoms with van der Waals surface area (Å²) in [7, 11) is 0. The van der Waals surface area contributed by atoms with Crippen LogP contribution in [0.15, 0.2) is 36.4 Å². The van der Waals surface area contributed by atoms with Crippen molar-refractivity contribution in [3.8, 4) is 0 Å². The largest absolute Gasteiger partial charge is 0.0616 e. The van der Waals surface area contributed by atoms with E-state index in [1.807, 2.05) is 0 Å². The third-order valence-corrected chi connectivity index (χ3v) is 2.47. The van der Waals surface area contributed by atoms with Gasteiger partial charge >= 0.3 is 0 Å². The van der Waals surface area contributed by atoms with Crippen molar-refractivity contribution >= 4 is 10.8 Å². The molecule has 60 valence electrons. The van der Waals surface area contributed by atoms with Crippen LogP contribution in [0.1, 0.15) is 11.1 Å². The molecular formula is C13H8. The number of hydrogen-bond acceptors (Lipinski definition) is 0. The molecule has 0 atom stereocenters. The van der Waals surface area contributed by atoms with E-state index >= 15 is 0 Å². The highest BCUT2D eigenvalue weighted by Gasteiger charge is 2.12. The van der Waals surface area contributed by atoms with Crippen molar-refractivity contribution in [3.05, 3.63) is 60.4 Å². The van der Waals surface area contributed by atoms with Crippen LogP contribution < -0.4 is 0 Å². The van der Waals surface area contributed by atoms with E-state index in [-0.39, 0.29) is 0 Å². The molecule has 0 aliphatic heterocycles. The van der Waals surface area contributed by atoms with Crippen LogP contribution in [0.25, 0.3) is 10.8 Å². The summed E-state index contributed by atoms with van der Waals surface area (Å²) >= 11 is 0. The highest BCUT2D eigenvalue weighted by molar-refractivity contribution is 5.85. The highest BCUT2D eigenvalue weighted by Crippen LogP contribution is 2.27. The molecule has 0 aromatic heterocycles. The van der Waals surface area contributed by atoms with E-state index in [2.05, 4.69) is 49.2 Å². The smallest absolute Gasteiger partial charge is 0.0251 e. The van der Waals surface area contributed by atoms with Crippen LogP contribution in [0.3, 0.4) is 0 Å². The number of fused-ring (bicyclic) bond motifs is 2. The Morgan fingerprint density at radius 2 is 1.77 bits per heavy atom. The number of benzene rings is 2. The second kappa shape index (κ2) is 2.59. The molecule has 0 spiro atoms. The van der Waals surface area contributed by atoms with Crippen molar-refractivity contribution in [2.75, 3.05) is 0 Å². The average molecular weight is 164 g/mol. The maximum Gasteiger partial charge on any atom is 0.0251 e. The van der Waals surface area contributed by atoms with Gasteiger partial charge < -0.3 is 0 Å². The van der Waals surface area contributed by atoms with Gasteiger partial charge in [0.15, 0.2) is 0 Å². The van der Waals surface area contributed by atoms with E-state index < -0.39 is 0 Å². The van der Waals surface area contributed by atoms with E-state index in [0.717, 1.165) is 6.42 Å². The minimum Gasteiger partial charge on any atom is -0.0616 e. The predicted octanol–water partition coefficient (Wildman–Crippen LogP) is 2.91. The molecule has 2 aromatic rings. The van der Waals surface area contributed by atoms with Crippen molar-refractivity contribution in [2.24, 2.45) is 0 Å². The summed E-state index contributed by atoms with van der Waals surface area (Å²) in [4.78, 5) is 0. The monoisotopic (exact) mass is 164 g/mol. The third kappa shape index (κ3) is 1.06. The molecule has 3 rings (SSSR count). The van der Waals surface area contributed by atoms with Gasteiger partial charge in [-0.15, -0.1) is 0 Å². The molecule has 0 amide bonds. The lowest BCUT2D eigenvalue weighted by atomic mass is 10.0. The zero-order valence-electron chi connectivity index (χ0n) is 7.17. The van der Waals surface area contributed by atoms with Gasteiger partial charge in [-0.2, -0.15) is 0 Å². The summed E-state index contributed by atoms with van der Waals surface area (Å²) in [6.07, 6.45) is 7.17. The van der Waals surface area contributed by atoms with Crippen LogP contribution in [-0.4, -0.2) is 0 Å². The Morgan fingerprint density at radius 1 is 1.00 bits per heavy atom. The standard InChI is InChI=1S/C13H8/c1-2-5-11-9-13-7-3-6-12(13)8-10(11)4-1/h1-2,4-5,8-9H,6H2. The Bertz CT molecular complexity index is 412. The molecule has 0 heterocycles. The molecule has 4 radical (unpaired) electrons. The van der Waals surface area contributed by atoms with Gasteiger partial charge in [-0.25, -0.2) is 0 Å². The van der Waals surface area contributed by atoms with Crippen LogP contribution in [0.5, 0.6) is 0 Å². The molecule has 0 N–H and O–H groups in total. The van der Waals surface area contributed by atoms with Crippen molar-refractivity contribution < 1.29 is 0 Å². The first-order valence-electron chi connectivity index (χ1n) is 4.44. The lowest BCUT2D eigenvalue weighted by Gasteiger charge is -2.01. The second-order valence-electron chi connectivity index (χ2n) is 3.34. The van der Waals surface area contributed by atoms with Crippen molar-refractivity contribution in [2.45, 2.75) is 6.42 Å². The van der Waals surface area contributed by atoms with E-state index in [9.17, 15) is 0 Å². The fourth-order valence-electron chi connectivity index (χ4n) is 1.78. The normalized spacial score (nSPS) is 14.8. The number of rotatable bonds is 0. The molecule has 1 aliphatic rings. The van der Waals surface area contributed by atoms with Crippen LogP contribution in [0.4, 0.5) is 0 Å². The topological polar surface area (TPSA) is 0 Å². The first kappa shape index (κ1) is 7.14. The molecule has 0 bridgehead atoms. The zero-order chi connectivity index (χ0) is 8.67. The average Bonchev–Trinajstić information content (AvgIpc) is 2.61. The third-order valence-electron chi connectivity index (χ3n) is 2.47. The fraction of sp³-hybridized carbons (Fsp3) is 0.0769. The highest BCUT2D eigenvalue weighted by atomic mass is 14.2. The van der Waals surface area contributed by atoms with Crippen LogP contribution in [0, 0.1) is 12.8 Å². The maximum absolute atomic E-state index is 3.14. The van der Waals surface area contributed by atoms with Crippen LogP contribution >= 0.6 is 0 Å². The van der Waals surface area contributed by atoms with E-state index in [0.29, 0.717) is 0 Å². The fourth-order valence-corrected chi connectivity index (χ4v) is 1.78. The summed E-state index contributed by atoms with van der Waals surface area (Å²) in [6.45, 7) is 0. The molecule has 0 fully saturated rings. The number of hydrogen-bond donors (Lipinski definition) is 0. The summed E-state index contributed by atoms with van der Waals surface area (Å²) < 4.78 is 0. The molecule has 13 heavy (non-hydrogen) atoms. The summed E-state index contributed by atoms with van der Waals surface area (Å²) in [5, 5.41) is 2.60. The Balaban J connectivity index is 2.36. The molecule has 0 nitrogen and oxygen atoms in total. The Morgan fingerprint density at radius 3 is 2.62 bits per heavy atom. The lowest BCUT2D eigenvalue weighted by Crippen LogP contribution is -1.81. The Hall–Kier alpha value is -1.30. The molecule has 0 heteroatoms. The molecule has 0 unspecified atom stereocenters. The maximum atomic E-state index is 3.14. The van der Waals surface area contributed by atoms with Gasteiger partial charge in [0, 0.05) is 12.8 Å². The van der Waals surface area contributed by atoms with Crippen molar-refractivity contribution in [3.63, 3.8) is 0 Å². The van der Waals surface area contributed by atoms with E-state index in [4.69, 9.17) is 0 Å². The summed E-state index contributed by atoms with van der Waals surface area (Å²) in [5.74, 6) is 0. The Labute approximate surface area is 78.2 Å². The molecule has 2 aromatic carbocycles. The quantitative estimate of drug-likeness (QED) is 0.561. The molecule has 1 aliphatic carbocycles. The van der Waals surface area contributed by atoms with Gasteiger partial charge in [-0.05, 0) is 28.3 Å². The minimum absolute atomic E-state index is 0.917. The second-order valence-corrected chi connectivity index (χ2v) is 3.34. The van der Waals surface area contributed by atoms with E-state index in [1.165, 1.54) is 21.9 Å². The van der Waals surface area contributed by atoms with Gasteiger partial charge in [-0.3, -0.25) is 0 Å².